The number of hydrogen-bond donors (Lipinski definition) is 5. The highest BCUT2D eigenvalue weighted by Gasteiger charge is 2.32. The molecule has 0 unspecified atom stereocenters. The number of nitrogens with zero attached hydrogens (tertiary/aromatic N) is 3. The van der Waals surface area contributed by atoms with Crippen molar-refractivity contribution in [1.82, 2.24) is 36.3 Å². The topological polar surface area (TPSA) is 186 Å². The summed E-state index contributed by atoms with van der Waals surface area (Å²) in [6.45, 7) is 4.15. The van der Waals surface area contributed by atoms with Crippen molar-refractivity contribution in [2.24, 2.45) is 0 Å². The Bertz CT molecular complexity index is 1510. The van der Waals surface area contributed by atoms with Crippen molar-refractivity contribution < 1.29 is 33.8 Å². The summed E-state index contributed by atoms with van der Waals surface area (Å²) < 4.78 is 13.0. The molecule has 0 saturated heterocycles. The minimum Gasteiger partial charge on any atom is -0.493 e. The van der Waals surface area contributed by atoms with Gasteiger partial charge in [-0.2, -0.15) is 0 Å². The second kappa shape index (κ2) is 17.1. The van der Waals surface area contributed by atoms with Crippen molar-refractivity contribution in [2.75, 3.05) is 13.7 Å². The van der Waals surface area contributed by atoms with E-state index in [0.29, 0.717) is 43.0 Å². The van der Waals surface area contributed by atoms with Crippen LogP contribution in [-0.2, 0) is 33.9 Å². The summed E-state index contributed by atoms with van der Waals surface area (Å²) in [6, 6.07) is 10.4. The lowest BCUT2D eigenvalue weighted by Crippen LogP contribution is -2.60. The summed E-state index contributed by atoms with van der Waals surface area (Å²) in [5.74, 6) is -1.61. The summed E-state index contributed by atoms with van der Waals surface area (Å²) in [5.41, 5.74) is 1.56. The van der Waals surface area contributed by atoms with E-state index < -0.39 is 47.9 Å². The van der Waals surface area contributed by atoms with Crippen LogP contribution in [0.15, 0.2) is 54.7 Å². The number of hydrogen-bond acceptors (Lipinski definition) is 9. The smallest absolute Gasteiger partial charge is 0.252 e. The molecule has 5 N–H and O–H groups in total. The Balaban J connectivity index is 1.63. The van der Waals surface area contributed by atoms with E-state index in [0.717, 1.165) is 12.0 Å². The van der Waals surface area contributed by atoms with Gasteiger partial charge in [-0.3, -0.25) is 23.9 Å². The number of aromatic nitrogens is 3. The Kier molecular flexibility index (Phi) is 12.7. The van der Waals surface area contributed by atoms with E-state index in [1.165, 1.54) is 14.0 Å². The van der Waals surface area contributed by atoms with E-state index in [1.807, 2.05) is 37.3 Å². The molecule has 4 amide bonds. The van der Waals surface area contributed by atoms with Crippen LogP contribution >= 0.6 is 0 Å². The van der Waals surface area contributed by atoms with Crippen LogP contribution in [0.4, 0.5) is 0 Å². The van der Waals surface area contributed by atoms with Crippen LogP contribution in [0.5, 0.6) is 11.5 Å². The number of rotatable bonds is 7. The zero-order valence-corrected chi connectivity index (χ0v) is 26.9. The lowest BCUT2D eigenvalue weighted by atomic mass is 10.0. The molecule has 14 heteroatoms. The van der Waals surface area contributed by atoms with Crippen molar-refractivity contribution in [1.29, 1.82) is 0 Å². The molecule has 0 fully saturated rings. The molecular weight excluding hydrogens is 606 g/mol. The minimum absolute atomic E-state index is 0.0653. The first-order chi connectivity index (χ1) is 22.7. The van der Waals surface area contributed by atoms with Crippen LogP contribution in [0.3, 0.4) is 0 Å². The molecule has 1 aliphatic heterocycles. The molecule has 4 atom stereocenters. The van der Waals surface area contributed by atoms with Crippen LogP contribution in [0, 0.1) is 0 Å². The van der Waals surface area contributed by atoms with Gasteiger partial charge in [0.1, 0.15) is 23.8 Å². The predicted molar refractivity (Wildman–Crippen MR) is 171 cm³/mol. The van der Waals surface area contributed by atoms with Gasteiger partial charge in [0, 0.05) is 24.9 Å². The van der Waals surface area contributed by atoms with Gasteiger partial charge in [0.05, 0.1) is 32.6 Å². The summed E-state index contributed by atoms with van der Waals surface area (Å²) in [5, 5.41) is 29.7. The zero-order valence-electron chi connectivity index (χ0n) is 26.9. The van der Waals surface area contributed by atoms with Crippen LogP contribution < -0.4 is 30.7 Å². The highest BCUT2D eigenvalue weighted by Crippen LogP contribution is 2.28. The first-order valence-electron chi connectivity index (χ1n) is 15.8. The molecule has 1 aliphatic rings. The number of aliphatic hydroxyl groups is 1. The fourth-order valence-electron chi connectivity index (χ4n) is 5.07. The van der Waals surface area contributed by atoms with Gasteiger partial charge in [0.25, 0.3) is 5.91 Å². The number of methoxy groups -OCH3 is 1. The lowest BCUT2D eigenvalue weighted by molar-refractivity contribution is -0.134. The second-order valence-electron chi connectivity index (χ2n) is 11.4. The number of amides is 4. The SMILES string of the molecule is CCCC[C@@H]1NC(=O)c2ccc(OC)c(c2)OCCCn2cc(nn2)CNC(=O)[C@H](Cc2ccccc2)NC(=O)[C@H]([C@@H](C)O)NC1=O. The van der Waals surface area contributed by atoms with Gasteiger partial charge in [0.2, 0.25) is 17.7 Å². The molecule has 47 heavy (non-hydrogen) atoms. The molecule has 3 aromatic rings. The number of fused-ring (bicyclic) bond motifs is 4. The van der Waals surface area contributed by atoms with Crippen LogP contribution in [0.25, 0.3) is 0 Å². The maximum atomic E-state index is 13.6. The van der Waals surface area contributed by atoms with E-state index in [1.54, 1.807) is 29.1 Å². The average Bonchev–Trinajstić information content (AvgIpc) is 3.53. The summed E-state index contributed by atoms with van der Waals surface area (Å²) >= 11 is 0. The molecule has 0 spiro atoms. The third kappa shape index (κ3) is 10.0. The number of ether oxygens (including phenoxy) is 2. The molecule has 0 aliphatic carbocycles. The minimum atomic E-state index is -1.41. The van der Waals surface area contributed by atoms with Crippen LogP contribution in [0.2, 0.25) is 0 Å². The third-order valence-electron chi connectivity index (χ3n) is 7.69. The number of aryl methyl sites for hydroxylation is 1. The molecular formula is C33H43N7O7. The third-order valence-corrected chi connectivity index (χ3v) is 7.69. The quantitative estimate of drug-likeness (QED) is 0.251. The maximum Gasteiger partial charge on any atom is 0.252 e. The molecule has 252 valence electrons. The van der Waals surface area contributed by atoms with Crippen molar-refractivity contribution >= 4 is 23.6 Å². The standard InChI is InChI=1S/C33H43N7O7/c1-4-5-12-25-32(44)37-29(21(2)41)33(45)36-26(17-22-10-7-6-8-11-22)31(43)34-19-24-20-40(39-38-24)15-9-16-47-28-18-23(30(42)35-25)13-14-27(28)46-3/h6-8,10-11,13-14,18,20-21,25-26,29,41H,4-5,9,12,15-17,19H2,1-3H3,(H,34,43)(H,35,42)(H,36,45)(H,37,44)/t21-,25+,26+,29+/m1/s1. The Labute approximate surface area is 273 Å². The molecule has 0 saturated carbocycles. The molecule has 0 radical (unpaired) electrons. The van der Waals surface area contributed by atoms with Gasteiger partial charge in [0.15, 0.2) is 11.5 Å². The molecule has 4 bridgehead atoms. The predicted octanol–water partition coefficient (Wildman–Crippen LogP) is 1.27. The van der Waals surface area contributed by atoms with Crippen molar-refractivity contribution in [2.45, 2.75) is 83.3 Å². The van der Waals surface area contributed by atoms with Gasteiger partial charge >= 0.3 is 0 Å². The van der Waals surface area contributed by atoms with Gasteiger partial charge in [-0.1, -0.05) is 55.3 Å². The Morgan fingerprint density at radius 1 is 1.02 bits per heavy atom. The van der Waals surface area contributed by atoms with E-state index >= 15 is 0 Å². The monoisotopic (exact) mass is 649 g/mol. The fourth-order valence-corrected chi connectivity index (χ4v) is 5.07. The maximum absolute atomic E-state index is 13.6. The zero-order chi connectivity index (χ0) is 33.8. The molecule has 4 rings (SSSR count). The first-order valence-corrected chi connectivity index (χ1v) is 15.8. The Hall–Kier alpha value is -4.98. The van der Waals surface area contributed by atoms with Gasteiger partial charge in [-0.05, 0) is 37.1 Å². The second-order valence-corrected chi connectivity index (χ2v) is 11.4. The Morgan fingerprint density at radius 3 is 2.53 bits per heavy atom. The Morgan fingerprint density at radius 2 is 1.81 bits per heavy atom. The molecule has 1 aromatic heterocycles. The van der Waals surface area contributed by atoms with E-state index in [2.05, 4.69) is 31.6 Å². The number of unbranched alkanes of at least 4 members (excludes halogenated alkanes) is 1. The van der Waals surface area contributed by atoms with Crippen molar-refractivity contribution in [3.05, 3.63) is 71.5 Å². The summed E-state index contributed by atoms with van der Waals surface area (Å²) in [4.78, 5) is 53.9. The first kappa shape index (κ1) is 34.9. The van der Waals surface area contributed by atoms with E-state index in [9.17, 15) is 24.3 Å². The summed E-state index contributed by atoms with van der Waals surface area (Å²) in [7, 11) is 1.50. The van der Waals surface area contributed by atoms with Gasteiger partial charge in [-0.25, -0.2) is 0 Å². The fraction of sp³-hybridized carbons (Fsp3) is 0.455. The average molecular weight is 650 g/mol. The molecule has 14 nitrogen and oxygen atoms in total. The number of nitrogens with one attached hydrogen (secondary N) is 4. The normalized spacial score (nSPS) is 20.6. The van der Waals surface area contributed by atoms with Crippen LogP contribution in [0.1, 0.15) is 61.1 Å². The number of benzene rings is 2. The van der Waals surface area contributed by atoms with Crippen molar-refractivity contribution in [3.63, 3.8) is 0 Å². The molecule has 2 aromatic carbocycles. The van der Waals surface area contributed by atoms with E-state index in [-0.39, 0.29) is 25.1 Å². The van der Waals surface area contributed by atoms with Gasteiger partial charge in [-0.15, -0.1) is 5.10 Å². The number of aliphatic hydroxyl groups excluding tert-OH is 1. The highest BCUT2D eigenvalue weighted by molar-refractivity contribution is 5.99. The lowest BCUT2D eigenvalue weighted by Gasteiger charge is -2.27. The van der Waals surface area contributed by atoms with E-state index in [4.69, 9.17) is 9.47 Å². The summed E-state index contributed by atoms with van der Waals surface area (Å²) in [6.07, 6.45) is 2.77. The molecule has 2 heterocycles. The van der Waals surface area contributed by atoms with Crippen LogP contribution in [-0.4, -0.2) is 81.7 Å². The number of carbonyl (C=O) groups excluding carboxylic acids is 4. The van der Waals surface area contributed by atoms with Crippen molar-refractivity contribution in [3.8, 4) is 11.5 Å². The van der Waals surface area contributed by atoms with Gasteiger partial charge < -0.3 is 35.8 Å². The highest BCUT2D eigenvalue weighted by atomic mass is 16.5. The largest absolute Gasteiger partial charge is 0.493 e. The number of carbonyl (C=O) groups is 4.